The van der Waals surface area contributed by atoms with Crippen molar-refractivity contribution >= 4 is 17.7 Å². The summed E-state index contributed by atoms with van der Waals surface area (Å²) in [6, 6.07) is 8.68. The fraction of sp³-hybridized carbons (Fsp3) is 0.462. The van der Waals surface area contributed by atoms with Crippen LogP contribution in [0.4, 0.5) is 0 Å². The van der Waals surface area contributed by atoms with Crippen LogP contribution in [-0.4, -0.2) is 24.8 Å². The Balaban J connectivity index is 2.16. The lowest BCUT2D eigenvalue weighted by molar-refractivity contribution is 0.292. The zero-order chi connectivity index (χ0) is 11.5. The first-order valence-corrected chi connectivity index (χ1v) is 6.78. The van der Waals surface area contributed by atoms with Gasteiger partial charge in [-0.1, -0.05) is 13.8 Å². The molecule has 0 saturated carbocycles. The second kappa shape index (κ2) is 4.91. The summed E-state index contributed by atoms with van der Waals surface area (Å²) in [4.78, 5) is 5.87. The van der Waals surface area contributed by atoms with Gasteiger partial charge in [-0.15, -0.1) is 11.8 Å². The van der Waals surface area contributed by atoms with E-state index in [-0.39, 0.29) is 0 Å². The maximum absolute atomic E-state index is 5.63. The number of nitrogens with zero attached hydrogens (tertiary/aromatic N) is 1. The van der Waals surface area contributed by atoms with Crippen molar-refractivity contribution in [3.8, 4) is 0 Å². The lowest BCUT2D eigenvalue weighted by atomic mass is 10.1. The molecule has 0 radical (unpaired) electrons. The zero-order valence-electron chi connectivity index (χ0n) is 9.93. The van der Waals surface area contributed by atoms with E-state index in [1.807, 2.05) is 0 Å². The number of thioether (sulfide) groups is 1. The molecule has 1 aromatic rings. The van der Waals surface area contributed by atoms with E-state index in [9.17, 15) is 0 Å². The van der Waals surface area contributed by atoms with Crippen LogP contribution < -0.4 is 0 Å². The van der Waals surface area contributed by atoms with Crippen molar-refractivity contribution in [2.45, 2.75) is 24.8 Å². The Hall–Kier alpha value is -0.960. The van der Waals surface area contributed by atoms with E-state index in [4.69, 9.17) is 4.74 Å². The fourth-order valence-corrected chi connectivity index (χ4v) is 2.03. The molecule has 2 nitrogen and oxygen atoms in total. The van der Waals surface area contributed by atoms with Crippen molar-refractivity contribution in [1.29, 1.82) is 0 Å². The van der Waals surface area contributed by atoms with Gasteiger partial charge in [-0.2, -0.15) is 0 Å². The summed E-state index contributed by atoms with van der Waals surface area (Å²) >= 11 is 1.74. The summed E-state index contributed by atoms with van der Waals surface area (Å²) in [6.07, 6.45) is 2.08. The Morgan fingerprint density at radius 3 is 2.50 bits per heavy atom. The van der Waals surface area contributed by atoms with Crippen LogP contribution in [0.5, 0.6) is 0 Å². The van der Waals surface area contributed by atoms with Gasteiger partial charge in [0.2, 0.25) is 5.90 Å². The maximum atomic E-state index is 5.63. The highest BCUT2D eigenvalue weighted by atomic mass is 32.2. The summed E-state index contributed by atoms with van der Waals surface area (Å²) in [5.74, 6) is 1.34. The molecule has 2 rings (SSSR count). The highest BCUT2D eigenvalue weighted by Crippen LogP contribution is 2.20. The van der Waals surface area contributed by atoms with Gasteiger partial charge in [0.15, 0.2) is 0 Å². The van der Waals surface area contributed by atoms with Crippen molar-refractivity contribution in [3.63, 3.8) is 0 Å². The van der Waals surface area contributed by atoms with Gasteiger partial charge in [0, 0.05) is 10.5 Å². The average Bonchev–Trinajstić information content (AvgIpc) is 2.78. The predicted molar refractivity (Wildman–Crippen MR) is 69.3 cm³/mol. The standard InChI is InChI=1S/C13H17NOS/c1-9(2)12-8-15-13(14-12)10-4-6-11(16-3)7-5-10/h4-7,9,12H,8H2,1-3H3/t12-/m0/s1. The van der Waals surface area contributed by atoms with Gasteiger partial charge < -0.3 is 4.74 Å². The maximum Gasteiger partial charge on any atom is 0.216 e. The molecule has 0 N–H and O–H groups in total. The van der Waals surface area contributed by atoms with Gasteiger partial charge in [0.05, 0.1) is 6.04 Å². The van der Waals surface area contributed by atoms with Crippen LogP contribution in [0.15, 0.2) is 34.2 Å². The zero-order valence-corrected chi connectivity index (χ0v) is 10.8. The Bertz CT molecular complexity index is 383. The molecule has 1 aromatic carbocycles. The average molecular weight is 235 g/mol. The van der Waals surface area contributed by atoms with Crippen LogP contribution in [0.1, 0.15) is 19.4 Å². The van der Waals surface area contributed by atoms with E-state index in [2.05, 4.69) is 49.4 Å². The highest BCUT2D eigenvalue weighted by Gasteiger charge is 2.22. The van der Waals surface area contributed by atoms with Gasteiger partial charge >= 0.3 is 0 Å². The molecule has 0 aliphatic carbocycles. The molecule has 0 spiro atoms. The minimum Gasteiger partial charge on any atom is -0.475 e. The molecule has 16 heavy (non-hydrogen) atoms. The minimum absolute atomic E-state index is 0.315. The second-order valence-corrected chi connectivity index (χ2v) is 5.16. The summed E-state index contributed by atoms with van der Waals surface area (Å²) in [7, 11) is 0. The molecule has 3 heteroatoms. The third-order valence-electron chi connectivity index (χ3n) is 2.78. The van der Waals surface area contributed by atoms with Gasteiger partial charge in [-0.05, 0) is 36.4 Å². The predicted octanol–water partition coefficient (Wildman–Crippen LogP) is 3.21. The van der Waals surface area contributed by atoms with E-state index in [0.717, 1.165) is 18.1 Å². The monoisotopic (exact) mass is 235 g/mol. The summed E-state index contributed by atoms with van der Waals surface area (Å²) < 4.78 is 5.63. The molecular weight excluding hydrogens is 218 g/mol. The smallest absolute Gasteiger partial charge is 0.216 e. The van der Waals surface area contributed by atoms with Gasteiger partial charge in [0.1, 0.15) is 6.61 Å². The molecule has 0 amide bonds. The molecule has 1 heterocycles. The molecule has 1 aliphatic heterocycles. The molecule has 1 aliphatic rings. The van der Waals surface area contributed by atoms with Crippen molar-refractivity contribution in [2.24, 2.45) is 10.9 Å². The normalized spacial score (nSPS) is 19.8. The molecule has 0 fully saturated rings. The molecular formula is C13H17NOS. The summed E-state index contributed by atoms with van der Waals surface area (Å²) in [5, 5.41) is 0. The highest BCUT2D eigenvalue weighted by molar-refractivity contribution is 7.98. The van der Waals surface area contributed by atoms with E-state index >= 15 is 0 Å². The van der Waals surface area contributed by atoms with E-state index in [0.29, 0.717) is 12.0 Å². The molecule has 86 valence electrons. The largest absolute Gasteiger partial charge is 0.475 e. The summed E-state index contributed by atoms with van der Waals surface area (Å²) in [5.41, 5.74) is 1.08. The second-order valence-electron chi connectivity index (χ2n) is 4.29. The first-order chi connectivity index (χ1) is 7.70. The fourth-order valence-electron chi connectivity index (χ4n) is 1.62. The number of hydrogen-bond donors (Lipinski definition) is 0. The molecule has 0 saturated heterocycles. The third-order valence-corrected chi connectivity index (χ3v) is 3.52. The van der Waals surface area contributed by atoms with Crippen molar-refractivity contribution in [1.82, 2.24) is 0 Å². The van der Waals surface area contributed by atoms with Gasteiger partial charge in [-0.3, -0.25) is 0 Å². The lowest BCUT2D eigenvalue weighted by Crippen LogP contribution is -2.13. The molecule has 0 unspecified atom stereocenters. The topological polar surface area (TPSA) is 21.6 Å². The Morgan fingerprint density at radius 2 is 2.00 bits per heavy atom. The minimum atomic E-state index is 0.315. The van der Waals surface area contributed by atoms with Crippen molar-refractivity contribution < 1.29 is 4.74 Å². The van der Waals surface area contributed by atoms with Crippen LogP contribution >= 0.6 is 11.8 Å². The Kier molecular flexibility index (Phi) is 3.54. The van der Waals surface area contributed by atoms with E-state index in [1.165, 1.54) is 4.90 Å². The molecule has 0 bridgehead atoms. The van der Waals surface area contributed by atoms with Crippen molar-refractivity contribution in [3.05, 3.63) is 29.8 Å². The molecule has 0 aromatic heterocycles. The van der Waals surface area contributed by atoms with Crippen LogP contribution in [0, 0.1) is 5.92 Å². The summed E-state index contributed by atoms with van der Waals surface area (Å²) in [6.45, 7) is 5.08. The first kappa shape index (κ1) is 11.5. The number of hydrogen-bond acceptors (Lipinski definition) is 3. The van der Waals surface area contributed by atoms with Crippen LogP contribution in [0.25, 0.3) is 0 Å². The Morgan fingerprint density at radius 1 is 1.31 bits per heavy atom. The van der Waals surface area contributed by atoms with Gasteiger partial charge in [-0.25, -0.2) is 4.99 Å². The first-order valence-electron chi connectivity index (χ1n) is 5.55. The number of aliphatic imine (C=N–C) groups is 1. The van der Waals surface area contributed by atoms with Crippen LogP contribution in [0.3, 0.4) is 0 Å². The lowest BCUT2D eigenvalue weighted by Gasteiger charge is -2.06. The number of rotatable bonds is 3. The Labute approximate surface area is 101 Å². The van der Waals surface area contributed by atoms with Crippen LogP contribution in [0.2, 0.25) is 0 Å². The van der Waals surface area contributed by atoms with E-state index < -0.39 is 0 Å². The number of ether oxygens (including phenoxy) is 1. The third kappa shape index (κ3) is 2.40. The molecule has 1 atom stereocenters. The quantitative estimate of drug-likeness (QED) is 0.750. The van der Waals surface area contributed by atoms with E-state index in [1.54, 1.807) is 11.8 Å². The SMILES string of the molecule is CSc1ccc(C2=N[C@H](C(C)C)CO2)cc1. The van der Waals surface area contributed by atoms with Gasteiger partial charge in [0.25, 0.3) is 0 Å². The number of benzene rings is 1. The van der Waals surface area contributed by atoms with Crippen molar-refractivity contribution in [2.75, 3.05) is 12.9 Å². The van der Waals surface area contributed by atoms with Crippen LogP contribution in [-0.2, 0) is 4.74 Å².